The van der Waals surface area contributed by atoms with Gasteiger partial charge in [0.1, 0.15) is 0 Å². The van der Waals surface area contributed by atoms with Crippen molar-refractivity contribution in [3.8, 4) is 0 Å². The van der Waals surface area contributed by atoms with E-state index in [9.17, 15) is 0 Å². The molecule has 1 saturated carbocycles. The maximum Gasteiger partial charge on any atom is 0.0596 e. The third-order valence-electron chi connectivity index (χ3n) is 3.27. The summed E-state index contributed by atoms with van der Waals surface area (Å²) in [6.45, 7) is 6.44. The third kappa shape index (κ3) is 1.10. The van der Waals surface area contributed by atoms with E-state index >= 15 is 0 Å². The van der Waals surface area contributed by atoms with E-state index in [1.807, 2.05) is 18.7 Å². The Morgan fingerprint density at radius 3 is 2.38 bits per heavy atom. The van der Waals surface area contributed by atoms with E-state index in [1.165, 1.54) is 5.69 Å². The van der Waals surface area contributed by atoms with Gasteiger partial charge in [0.25, 0.3) is 0 Å². The molecule has 0 amide bonds. The van der Waals surface area contributed by atoms with Crippen LogP contribution in [0, 0.1) is 12.3 Å². The molecule has 0 aliphatic heterocycles. The summed E-state index contributed by atoms with van der Waals surface area (Å²) in [5.74, 6) is 0.485. The van der Waals surface area contributed by atoms with Crippen molar-refractivity contribution in [2.75, 3.05) is 0 Å². The zero-order valence-electron chi connectivity index (χ0n) is 8.70. The second-order valence-corrected chi connectivity index (χ2v) is 4.66. The van der Waals surface area contributed by atoms with Gasteiger partial charge in [-0.1, -0.05) is 13.8 Å². The van der Waals surface area contributed by atoms with Gasteiger partial charge < -0.3 is 5.73 Å². The molecule has 3 heteroatoms. The highest BCUT2D eigenvalue weighted by atomic mass is 15.3. The minimum Gasteiger partial charge on any atom is -0.327 e. The summed E-state index contributed by atoms with van der Waals surface area (Å²) in [5.41, 5.74) is 8.61. The largest absolute Gasteiger partial charge is 0.327 e. The van der Waals surface area contributed by atoms with Gasteiger partial charge in [0.05, 0.1) is 5.69 Å². The Morgan fingerprint density at radius 2 is 2.08 bits per heavy atom. The van der Waals surface area contributed by atoms with Crippen molar-refractivity contribution in [2.45, 2.75) is 32.7 Å². The molecule has 2 N–H and O–H groups in total. The topological polar surface area (TPSA) is 43.8 Å². The molecule has 1 fully saturated rings. The number of nitrogens with zero attached hydrogens (tertiary/aromatic N) is 2. The fourth-order valence-electron chi connectivity index (χ4n) is 2.16. The van der Waals surface area contributed by atoms with E-state index in [2.05, 4.69) is 25.0 Å². The van der Waals surface area contributed by atoms with Crippen LogP contribution in [-0.4, -0.2) is 15.8 Å². The predicted molar refractivity (Wildman–Crippen MR) is 52.4 cm³/mol. The Labute approximate surface area is 78.9 Å². The van der Waals surface area contributed by atoms with Crippen LogP contribution in [0.25, 0.3) is 0 Å². The standard InChI is InChI=1S/C10H17N3/c1-6-5-7(13(4)12-6)8-9(11)10(8,2)3/h5,8-9H,11H2,1-4H3/t8-,9-/m0/s1. The first-order valence-corrected chi connectivity index (χ1v) is 4.70. The molecule has 0 bridgehead atoms. The van der Waals surface area contributed by atoms with Crippen molar-refractivity contribution in [1.82, 2.24) is 9.78 Å². The van der Waals surface area contributed by atoms with E-state index in [0.717, 1.165) is 5.69 Å². The maximum atomic E-state index is 6.01. The molecule has 1 heterocycles. The van der Waals surface area contributed by atoms with Gasteiger partial charge in [-0.2, -0.15) is 5.10 Å². The van der Waals surface area contributed by atoms with Gasteiger partial charge in [0.2, 0.25) is 0 Å². The molecule has 1 aromatic heterocycles. The number of aromatic nitrogens is 2. The highest BCUT2D eigenvalue weighted by Crippen LogP contribution is 2.57. The van der Waals surface area contributed by atoms with E-state index in [1.54, 1.807) is 0 Å². The Morgan fingerprint density at radius 1 is 1.54 bits per heavy atom. The number of nitrogens with two attached hydrogens (primary N) is 1. The highest BCUT2D eigenvalue weighted by Gasteiger charge is 2.57. The number of hydrogen-bond donors (Lipinski definition) is 1. The average molecular weight is 179 g/mol. The Kier molecular flexibility index (Phi) is 1.58. The van der Waals surface area contributed by atoms with Crippen LogP contribution in [-0.2, 0) is 7.05 Å². The lowest BCUT2D eigenvalue weighted by atomic mass is 10.1. The second kappa shape index (κ2) is 2.35. The van der Waals surface area contributed by atoms with Crippen LogP contribution in [0.15, 0.2) is 6.07 Å². The molecule has 13 heavy (non-hydrogen) atoms. The molecular weight excluding hydrogens is 162 g/mol. The van der Waals surface area contributed by atoms with E-state index < -0.39 is 0 Å². The SMILES string of the molecule is Cc1cc([C@H]2[C@H](N)C2(C)C)n(C)n1. The van der Waals surface area contributed by atoms with E-state index in [-0.39, 0.29) is 5.41 Å². The molecule has 0 radical (unpaired) electrons. The van der Waals surface area contributed by atoms with Gasteiger partial charge in [-0.25, -0.2) is 0 Å². The van der Waals surface area contributed by atoms with E-state index in [0.29, 0.717) is 12.0 Å². The van der Waals surface area contributed by atoms with Gasteiger partial charge in [-0.05, 0) is 18.4 Å². The van der Waals surface area contributed by atoms with Crippen molar-refractivity contribution in [3.63, 3.8) is 0 Å². The molecule has 1 aliphatic carbocycles. The van der Waals surface area contributed by atoms with Gasteiger partial charge in [-0.15, -0.1) is 0 Å². The van der Waals surface area contributed by atoms with Crippen LogP contribution in [0.5, 0.6) is 0 Å². The van der Waals surface area contributed by atoms with Gasteiger partial charge in [0.15, 0.2) is 0 Å². The molecule has 72 valence electrons. The zero-order valence-corrected chi connectivity index (χ0v) is 8.70. The van der Waals surface area contributed by atoms with Gasteiger partial charge in [0, 0.05) is 24.7 Å². The first kappa shape index (κ1) is 8.75. The van der Waals surface area contributed by atoms with Gasteiger partial charge in [-0.3, -0.25) is 4.68 Å². The summed E-state index contributed by atoms with van der Waals surface area (Å²) < 4.78 is 1.95. The van der Waals surface area contributed by atoms with Crippen molar-refractivity contribution >= 4 is 0 Å². The van der Waals surface area contributed by atoms with Crippen LogP contribution < -0.4 is 5.73 Å². The lowest BCUT2D eigenvalue weighted by molar-refractivity contribution is 0.581. The lowest BCUT2D eigenvalue weighted by Gasteiger charge is -2.01. The Hall–Kier alpha value is -0.830. The number of rotatable bonds is 1. The third-order valence-corrected chi connectivity index (χ3v) is 3.27. The summed E-state index contributed by atoms with van der Waals surface area (Å²) in [6, 6.07) is 2.43. The molecule has 1 aromatic rings. The van der Waals surface area contributed by atoms with Crippen LogP contribution in [0.4, 0.5) is 0 Å². The fourth-order valence-corrected chi connectivity index (χ4v) is 2.16. The zero-order chi connectivity index (χ0) is 9.80. The first-order valence-electron chi connectivity index (χ1n) is 4.70. The molecule has 2 atom stereocenters. The number of aryl methyl sites for hydroxylation is 2. The predicted octanol–water partition coefficient (Wildman–Crippen LogP) is 1.18. The minimum atomic E-state index is 0.250. The normalized spacial score (nSPS) is 30.5. The fraction of sp³-hybridized carbons (Fsp3) is 0.700. The van der Waals surface area contributed by atoms with Crippen LogP contribution in [0.3, 0.4) is 0 Å². The van der Waals surface area contributed by atoms with Crippen molar-refractivity contribution in [3.05, 3.63) is 17.5 Å². The monoisotopic (exact) mass is 179 g/mol. The average Bonchev–Trinajstić information content (AvgIpc) is 2.36. The quantitative estimate of drug-likeness (QED) is 0.703. The van der Waals surface area contributed by atoms with Crippen LogP contribution >= 0.6 is 0 Å². The lowest BCUT2D eigenvalue weighted by Crippen LogP contribution is -2.07. The number of hydrogen-bond acceptors (Lipinski definition) is 2. The molecule has 3 nitrogen and oxygen atoms in total. The Balaban J connectivity index is 2.34. The minimum absolute atomic E-state index is 0.250. The molecule has 2 rings (SSSR count). The van der Waals surface area contributed by atoms with Crippen molar-refractivity contribution in [1.29, 1.82) is 0 Å². The van der Waals surface area contributed by atoms with Gasteiger partial charge >= 0.3 is 0 Å². The smallest absolute Gasteiger partial charge is 0.0596 e. The Bertz CT molecular complexity index is 338. The highest BCUT2D eigenvalue weighted by molar-refractivity contribution is 5.30. The summed E-state index contributed by atoms with van der Waals surface area (Å²) in [4.78, 5) is 0. The molecule has 0 saturated heterocycles. The van der Waals surface area contributed by atoms with Crippen LogP contribution in [0.2, 0.25) is 0 Å². The molecular formula is C10H17N3. The second-order valence-electron chi connectivity index (χ2n) is 4.66. The summed E-state index contributed by atoms with van der Waals surface area (Å²) in [6.07, 6.45) is 0. The van der Waals surface area contributed by atoms with E-state index in [4.69, 9.17) is 5.73 Å². The first-order chi connectivity index (χ1) is 5.94. The summed E-state index contributed by atoms with van der Waals surface area (Å²) in [7, 11) is 1.99. The maximum absolute atomic E-state index is 6.01. The molecule has 0 unspecified atom stereocenters. The molecule has 1 aliphatic rings. The van der Waals surface area contributed by atoms with Crippen molar-refractivity contribution in [2.24, 2.45) is 18.2 Å². The molecule has 0 spiro atoms. The molecule has 0 aromatic carbocycles. The van der Waals surface area contributed by atoms with Crippen molar-refractivity contribution < 1.29 is 0 Å². The summed E-state index contributed by atoms with van der Waals surface area (Å²) in [5, 5.41) is 4.33. The van der Waals surface area contributed by atoms with Crippen LogP contribution in [0.1, 0.15) is 31.2 Å². The summed E-state index contributed by atoms with van der Waals surface area (Å²) >= 11 is 0.